The molecule has 0 spiro atoms. The average Bonchev–Trinajstić information content (AvgIpc) is 2.64. The number of hydrogen-bond acceptors (Lipinski definition) is 3. The van der Waals surface area contributed by atoms with Crippen LogP contribution in [0.15, 0.2) is 48.5 Å². The van der Waals surface area contributed by atoms with Gasteiger partial charge in [-0.15, -0.1) is 0 Å². The highest BCUT2D eigenvalue weighted by Gasteiger charge is 2.30. The van der Waals surface area contributed by atoms with Crippen molar-refractivity contribution in [2.24, 2.45) is 0 Å². The molecule has 152 valence electrons. The summed E-state index contributed by atoms with van der Waals surface area (Å²) in [5, 5.41) is 15.1. The van der Waals surface area contributed by atoms with Crippen LogP contribution < -0.4 is 15.4 Å². The third kappa shape index (κ3) is 6.45. The number of hydrogen-bond donors (Lipinski definition) is 3. The molecule has 0 bridgehead atoms. The summed E-state index contributed by atoms with van der Waals surface area (Å²) in [7, 11) is 0. The molecule has 8 heteroatoms. The molecule has 0 aromatic heterocycles. The quantitative estimate of drug-likeness (QED) is 0.650. The number of carbonyl (C=O) groups excluding carboxylic acids is 1. The first kappa shape index (κ1) is 21.6. The van der Waals surface area contributed by atoms with E-state index in [-0.39, 0.29) is 24.8 Å². The van der Waals surface area contributed by atoms with Crippen molar-refractivity contribution in [1.82, 2.24) is 5.32 Å². The van der Waals surface area contributed by atoms with Gasteiger partial charge in [0.05, 0.1) is 5.56 Å². The Bertz CT molecular complexity index is 794. The molecule has 1 atom stereocenters. The first-order valence-corrected chi connectivity index (χ1v) is 8.78. The molecule has 0 saturated heterocycles. The Morgan fingerprint density at radius 3 is 2.54 bits per heavy atom. The Hall–Kier alpha value is -2.74. The second-order valence-electron chi connectivity index (χ2n) is 6.57. The first-order chi connectivity index (χ1) is 13.2. The molecule has 2 rings (SSSR count). The maximum Gasteiger partial charge on any atom is 0.416 e. The van der Waals surface area contributed by atoms with Crippen LogP contribution in [0.5, 0.6) is 5.75 Å². The van der Waals surface area contributed by atoms with Crippen molar-refractivity contribution in [2.45, 2.75) is 32.0 Å². The largest absolute Gasteiger partial charge is 0.491 e. The van der Waals surface area contributed by atoms with Gasteiger partial charge in [0.25, 0.3) is 0 Å². The summed E-state index contributed by atoms with van der Waals surface area (Å²) in [4.78, 5) is 12.0. The number of aliphatic hydroxyl groups excluding tert-OH is 1. The zero-order valence-corrected chi connectivity index (χ0v) is 15.6. The van der Waals surface area contributed by atoms with Crippen LogP contribution in [0.25, 0.3) is 0 Å². The second-order valence-corrected chi connectivity index (χ2v) is 6.57. The standard InChI is InChI=1S/C20H23F3N2O3/c1-13(2)17-8-3-4-9-18(17)25-19(27)24-11-15(26)12-28-16-7-5-6-14(10-16)20(21,22)23/h3-10,13,15,26H,11-12H2,1-2H3,(H2,24,25,27). The van der Waals surface area contributed by atoms with Crippen LogP contribution >= 0.6 is 0 Å². The SMILES string of the molecule is CC(C)c1ccccc1NC(=O)NCC(O)COc1cccc(C(F)(F)F)c1. The number of amides is 2. The third-order valence-electron chi connectivity index (χ3n) is 3.93. The lowest BCUT2D eigenvalue weighted by Gasteiger charge is -2.16. The van der Waals surface area contributed by atoms with Gasteiger partial charge in [0.15, 0.2) is 0 Å². The predicted molar refractivity (Wildman–Crippen MR) is 100 cm³/mol. The Kier molecular flexibility index (Phi) is 7.28. The number of rotatable bonds is 7. The second kappa shape index (κ2) is 9.45. The van der Waals surface area contributed by atoms with Gasteiger partial charge >= 0.3 is 12.2 Å². The zero-order chi connectivity index (χ0) is 20.7. The molecule has 2 aromatic rings. The molecule has 0 fully saturated rings. The van der Waals surface area contributed by atoms with E-state index in [1.807, 2.05) is 26.0 Å². The highest BCUT2D eigenvalue weighted by Crippen LogP contribution is 2.31. The number of carbonyl (C=O) groups is 1. The van der Waals surface area contributed by atoms with Gasteiger partial charge < -0.3 is 20.5 Å². The van der Waals surface area contributed by atoms with E-state index in [9.17, 15) is 23.1 Å². The summed E-state index contributed by atoms with van der Waals surface area (Å²) in [6, 6.07) is 11.3. The van der Waals surface area contributed by atoms with Gasteiger partial charge in [0.2, 0.25) is 0 Å². The molecule has 0 saturated carbocycles. The average molecular weight is 396 g/mol. The van der Waals surface area contributed by atoms with Crippen LogP contribution in [-0.4, -0.2) is 30.4 Å². The fraction of sp³-hybridized carbons (Fsp3) is 0.350. The van der Waals surface area contributed by atoms with Crippen LogP contribution in [0.2, 0.25) is 0 Å². The Labute approximate surface area is 161 Å². The lowest BCUT2D eigenvalue weighted by atomic mass is 10.0. The van der Waals surface area contributed by atoms with E-state index >= 15 is 0 Å². The fourth-order valence-electron chi connectivity index (χ4n) is 2.50. The minimum atomic E-state index is -4.47. The molecule has 28 heavy (non-hydrogen) atoms. The van der Waals surface area contributed by atoms with Crippen molar-refractivity contribution in [3.8, 4) is 5.75 Å². The van der Waals surface area contributed by atoms with Crippen molar-refractivity contribution >= 4 is 11.7 Å². The number of benzene rings is 2. The van der Waals surface area contributed by atoms with Gasteiger partial charge in [-0.25, -0.2) is 4.79 Å². The van der Waals surface area contributed by atoms with E-state index in [4.69, 9.17) is 4.74 Å². The van der Waals surface area contributed by atoms with Crippen molar-refractivity contribution in [1.29, 1.82) is 0 Å². The van der Waals surface area contributed by atoms with Gasteiger partial charge in [0, 0.05) is 12.2 Å². The van der Waals surface area contributed by atoms with E-state index in [2.05, 4.69) is 10.6 Å². The van der Waals surface area contributed by atoms with Crippen molar-refractivity contribution in [3.05, 3.63) is 59.7 Å². The number of halogens is 3. The van der Waals surface area contributed by atoms with E-state index < -0.39 is 23.9 Å². The van der Waals surface area contributed by atoms with E-state index in [1.54, 1.807) is 12.1 Å². The minimum absolute atomic E-state index is 0.0100. The summed E-state index contributed by atoms with van der Waals surface area (Å²) in [5.41, 5.74) is 0.816. The molecule has 2 aromatic carbocycles. The van der Waals surface area contributed by atoms with Gasteiger partial charge in [-0.2, -0.15) is 13.2 Å². The number of alkyl halides is 3. The smallest absolute Gasteiger partial charge is 0.416 e. The predicted octanol–water partition coefficient (Wildman–Crippen LogP) is 4.39. The fourth-order valence-corrected chi connectivity index (χ4v) is 2.50. The number of urea groups is 1. The highest BCUT2D eigenvalue weighted by molar-refractivity contribution is 5.90. The molecule has 0 aliphatic rings. The lowest BCUT2D eigenvalue weighted by Crippen LogP contribution is -2.37. The van der Waals surface area contributed by atoms with Gasteiger partial charge in [-0.3, -0.25) is 0 Å². The third-order valence-corrected chi connectivity index (χ3v) is 3.93. The molecular formula is C20H23F3N2O3. The zero-order valence-electron chi connectivity index (χ0n) is 15.6. The Balaban J connectivity index is 1.81. The number of nitrogens with one attached hydrogen (secondary N) is 2. The summed E-state index contributed by atoms with van der Waals surface area (Å²) >= 11 is 0. The maximum atomic E-state index is 12.7. The summed E-state index contributed by atoms with van der Waals surface area (Å²) in [6.45, 7) is 3.64. The van der Waals surface area contributed by atoms with Crippen molar-refractivity contribution in [2.75, 3.05) is 18.5 Å². The minimum Gasteiger partial charge on any atom is -0.491 e. The topological polar surface area (TPSA) is 70.6 Å². The van der Waals surface area contributed by atoms with Gasteiger partial charge in [0.1, 0.15) is 18.5 Å². The molecule has 0 aliphatic carbocycles. The number of ether oxygens (including phenoxy) is 1. The van der Waals surface area contributed by atoms with Gasteiger partial charge in [-0.1, -0.05) is 38.1 Å². The molecule has 1 unspecified atom stereocenters. The molecule has 0 radical (unpaired) electrons. The van der Waals surface area contributed by atoms with E-state index in [0.717, 1.165) is 17.7 Å². The summed E-state index contributed by atoms with van der Waals surface area (Å²) < 4.78 is 43.2. The molecule has 2 amide bonds. The van der Waals surface area contributed by atoms with Crippen LogP contribution in [0.1, 0.15) is 30.9 Å². The highest BCUT2D eigenvalue weighted by atomic mass is 19.4. The number of anilines is 1. The normalized spacial score (nSPS) is 12.5. The summed E-state index contributed by atoms with van der Waals surface area (Å²) in [6.07, 6.45) is -5.55. The van der Waals surface area contributed by atoms with Gasteiger partial charge in [-0.05, 0) is 35.7 Å². The van der Waals surface area contributed by atoms with Crippen molar-refractivity contribution < 1.29 is 27.8 Å². The van der Waals surface area contributed by atoms with E-state index in [1.165, 1.54) is 12.1 Å². The van der Waals surface area contributed by atoms with E-state index in [0.29, 0.717) is 5.69 Å². The van der Waals surface area contributed by atoms with Crippen LogP contribution in [-0.2, 0) is 6.18 Å². The lowest BCUT2D eigenvalue weighted by molar-refractivity contribution is -0.137. The van der Waals surface area contributed by atoms with Crippen LogP contribution in [0, 0.1) is 0 Å². The van der Waals surface area contributed by atoms with Crippen LogP contribution in [0.3, 0.4) is 0 Å². The van der Waals surface area contributed by atoms with Crippen LogP contribution in [0.4, 0.5) is 23.7 Å². The Morgan fingerprint density at radius 1 is 1.14 bits per heavy atom. The molecular weight excluding hydrogens is 373 g/mol. The molecule has 0 heterocycles. The number of aliphatic hydroxyl groups is 1. The first-order valence-electron chi connectivity index (χ1n) is 8.78. The summed E-state index contributed by atoms with van der Waals surface area (Å²) in [5.74, 6) is 0.215. The monoisotopic (exact) mass is 396 g/mol. The molecule has 5 nitrogen and oxygen atoms in total. The molecule has 0 aliphatic heterocycles. The number of para-hydroxylation sites is 1. The molecule has 3 N–H and O–H groups in total. The maximum absolute atomic E-state index is 12.7. The van der Waals surface area contributed by atoms with Crippen molar-refractivity contribution in [3.63, 3.8) is 0 Å². The Morgan fingerprint density at radius 2 is 1.86 bits per heavy atom.